The Balaban J connectivity index is 1.86. The van der Waals surface area contributed by atoms with E-state index in [0.717, 1.165) is 18.8 Å². The van der Waals surface area contributed by atoms with Gasteiger partial charge in [0.25, 0.3) is 0 Å². The Morgan fingerprint density at radius 3 is 2.44 bits per heavy atom. The van der Waals surface area contributed by atoms with Gasteiger partial charge in [-0.1, -0.05) is 51.1 Å². The van der Waals surface area contributed by atoms with Crippen LogP contribution in [0.2, 0.25) is 0 Å². The SMILES string of the molecule is CC(C)(C)c1nc(CNCc2ccccc2)cs1. The normalized spacial score (nSPS) is 11.7. The Bertz CT molecular complexity index is 483. The molecule has 0 bridgehead atoms. The standard InChI is InChI=1S/C15H20N2S/c1-15(2,3)14-17-13(11-18-14)10-16-9-12-7-5-4-6-8-12/h4-8,11,16H,9-10H2,1-3H3. The summed E-state index contributed by atoms with van der Waals surface area (Å²) >= 11 is 1.75. The molecule has 0 atom stereocenters. The molecule has 18 heavy (non-hydrogen) atoms. The highest BCUT2D eigenvalue weighted by molar-refractivity contribution is 7.09. The van der Waals surface area contributed by atoms with Gasteiger partial charge in [-0.3, -0.25) is 0 Å². The van der Waals surface area contributed by atoms with Gasteiger partial charge in [-0.25, -0.2) is 4.98 Å². The van der Waals surface area contributed by atoms with Crippen molar-refractivity contribution < 1.29 is 0 Å². The maximum absolute atomic E-state index is 4.67. The highest BCUT2D eigenvalue weighted by Gasteiger charge is 2.17. The van der Waals surface area contributed by atoms with Crippen LogP contribution < -0.4 is 5.32 Å². The van der Waals surface area contributed by atoms with E-state index in [2.05, 4.69) is 60.7 Å². The van der Waals surface area contributed by atoms with Crippen LogP contribution in [-0.2, 0) is 18.5 Å². The minimum atomic E-state index is 0.155. The predicted molar refractivity (Wildman–Crippen MR) is 77.8 cm³/mol. The fourth-order valence-electron chi connectivity index (χ4n) is 1.66. The lowest BCUT2D eigenvalue weighted by molar-refractivity contribution is 0.579. The Morgan fingerprint density at radius 2 is 1.83 bits per heavy atom. The Morgan fingerprint density at radius 1 is 1.11 bits per heavy atom. The fraction of sp³-hybridized carbons (Fsp3) is 0.400. The molecule has 2 rings (SSSR count). The largest absolute Gasteiger partial charge is 0.307 e. The number of thiazole rings is 1. The highest BCUT2D eigenvalue weighted by atomic mass is 32.1. The van der Waals surface area contributed by atoms with Crippen molar-refractivity contribution >= 4 is 11.3 Å². The fourth-order valence-corrected chi connectivity index (χ4v) is 2.57. The summed E-state index contributed by atoms with van der Waals surface area (Å²) in [4.78, 5) is 4.67. The molecule has 0 saturated carbocycles. The molecule has 0 saturated heterocycles. The third kappa shape index (κ3) is 3.65. The number of hydrogen-bond donors (Lipinski definition) is 1. The van der Waals surface area contributed by atoms with Gasteiger partial charge < -0.3 is 5.32 Å². The molecule has 0 aliphatic carbocycles. The summed E-state index contributed by atoms with van der Waals surface area (Å²) in [5.74, 6) is 0. The summed E-state index contributed by atoms with van der Waals surface area (Å²) in [6, 6.07) is 10.4. The lowest BCUT2D eigenvalue weighted by Crippen LogP contribution is -2.14. The second-order valence-electron chi connectivity index (χ2n) is 5.48. The Labute approximate surface area is 113 Å². The summed E-state index contributed by atoms with van der Waals surface area (Å²) in [6.07, 6.45) is 0. The van der Waals surface area contributed by atoms with Crippen LogP contribution >= 0.6 is 11.3 Å². The molecule has 1 N–H and O–H groups in total. The van der Waals surface area contributed by atoms with Crippen molar-refractivity contribution in [3.63, 3.8) is 0 Å². The van der Waals surface area contributed by atoms with Crippen LogP contribution in [0.5, 0.6) is 0 Å². The molecular formula is C15H20N2S. The number of nitrogens with zero attached hydrogens (tertiary/aromatic N) is 1. The van der Waals surface area contributed by atoms with Gasteiger partial charge in [-0.05, 0) is 5.56 Å². The van der Waals surface area contributed by atoms with Gasteiger partial charge >= 0.3 is 0 Å². The van der Waals surface area contributed by atoms with E-state index in [-0.39, 0.29) is 5.41 Å². The Kier molecular flexibility index (Phi) is 4.15. The third-order valence-corrected chi connectivity index (χ3v) is 3.99. The van der Waals surface area contributed by atoms with Gasteiger partial charge in [0.2, 0.25) is 0 Å². The first-order chi connectivity index (χ1) is 8.55. The van der Waals surface area contributed by atoms with Crippen LogP contribution in [0.3, 0.4) is 0 Å². The topological polar surface area (TPSA) is 24.9 Å². The van der Waals surface area contributed by atoms with Crippen molar-refractivity contribution in [2.45, 2.75) is 39.3 Å². The summed E-state index contributed by atoms with van der Waals surface area (Å²) in [5, 5.41) is 6.79. The monoisotopic (exact) mass is 260 g/mol. The minimum Gasteiger partial charge on any atom is -0.307 e. The van der Waals surface area contributed by atoms with E-state index >= 15 is 0 Å². The molecule has 2 nitrogen and oxygen atoms in total. The second kappa shape index (κ2) is 5.63. The van der Waals surface area contributed by atoms with Crippen molar-refractivity contribution in [2.24, 2.45) is 0 Å². The maximum Gasteiger partial charge on any atom is 0.0982 e. The molecule has 3 heteroatoms. The molecule has 1 heterocycles. The summed E-state index contributed by atoms with van der Waals surface area (Å²) in [5.41, 5.74) is 2.60. The third-order valence-electron chi connectivity index (χ3n) is 2.67. The lowest BCUT2D eigenvalue weighted by Gasteiger charge is -2.13. The predicted octanol–water partition coefficient (Wildman–Crippen LogP) is 3.73. The number of aromatic nitrogens is 1. The highest BCUT2D eigenvalue weighted by Crippen LogP contribution is 2.25. The zero-order valence-electron chi connectivity index (χ0n) is 11.2. The van der Waals surface area contributed by atoms with E-state index in [4.69, 9.17) is 0 Å². The van der Waals surface area contributed by atoms with E-state index in [1.807, 2.05) is 6.07 Å². The molecule has 0 aliphatic rings. The summed E-state index contributed by atoms with van der Waals surface area (Å²) < 4.78 is 0. The maximum atomic E-state index is 4.67. The van der Waals surface area contributed by atoms with Crippen LogP contribution in [0.25, 0.3) is 0 Å². The zero-order valence-corrected chi connectivity index (χ0v) is 12.1. The Hall–Kier alpha value is -1.19. The van der Waals surface area contributed by atoms with Gasteiger partial charge in [-0.15, -0.1) is 11.3 Å². The molecule has 0 spiro atoms. The van der Waals surface area contributed by atoms with Crippen molar-refractivity contribution in [3.8, 4) is 0 Å². The zero-order chi connectivity index (χ0) is 13.0. The first-order valence-corrected chi connectivity index (χ1v) is 7.13. The molecule has 0 unspecified atom stereocenters. The number of hydrogen-bond acceptors (Lipinski definition) is 3. The van der Waals surface area contributed by atoms with E-state index in [9.17, 15) is 0 Å². The van der Waals surface area contributed by atoms with Crippen LogP contribution in [0.1, 0.15) is 37.0 Å². The number of rotatable bonds is 4. The smallest absolute Gasteiger partial charge is 0.0982 e. The van der Waals surface area contributed by atoms with Crippen molar-refractivity contribution in [1.29, 1.82) is 0 Å². The van der Waals surface area contributed by atoms with Gasteiger partial charge in [-0.2, -0.15) is 0 Å². The average molecular weight is 260 g/mol. The van der Waals surface area contributed by atoms with Crippen LogP contribution in [0.15, 0.2) is 35.7 Å². The van der Waals surface area contributed by atoms with Crippen molar-refractivity contribution in [3.05, 3.63) is 52.0 Å². The molecule has 0 aliphatic heterocycles. The minimum absolute atomic E-state index is 0.155. The van der Waals surface area contributed by atoms with E-state index in [0.29, 0.717) is 0 Å². The van der Waals surface area contributed by atoms with Crippen molar-refractivity contribution in [1.82, 2.24) is 10.3 Å². The first kappa shape index (κ1) is 13.2. The molecule has 1 aromatic heterocycles. The van der Waals surface area contributed by atoms with E-state index < -0.39 is 0 Å². The molecule has 96 valence electrons. The quantitative estimate of drug-likeness (QED) is 0.906. The van der Waals surface area contributed by atoms with Crippen LogP contribution in [0, 0.1) is 0 Å². The first-order valence-electron chi connectivity index (χ1n) is 6.25. The summed E-state index contributed by atoms with van der Waals surface area (Å²) in [7, 11) is 0. The molecule has 0 amide bonds. The number of benzene rings is 1. The van der Waals surface area contributed by atoms with Gasteiger partial charge in [0.1, 0.15) is 0 Å². The average Bonchev–Trinajstić information content (AvgIpc) is 2.79. The second-order valence-corrected chi connectivity index (χ2v) is 6.34. The van der Waals surface area contributed by atoms with Gasteiger partial charge in [0.15, 0.2) is 0 Å². The van der Waals surface area contributed by atoms with Crippen molar-refractivity contribution in [2.75, 3.05) is 0 Å². The number of nitrogens with one attached hydrogen (secondary N) is 1. The van der Waals surface area contributed by atoms with Crippen LogP contribution in [0.4, 0.5) is 0 Å². The lowest BCUT2D eigenvalue weighted by atomic mass is 9.98. The molecule has 0 fully saturated rings. The van der Waals surface area contributed by atoms with Crippen LogP contribution in [-0.4, -0.2) is 4.98 Å². The molecular weight excluding hydrogens is 240 g/mol. The molecule has 2 aromatic rings. The summed E-state index contributed by atoms with van der Waals surface area (Å²) in [6.45, 7) is 8.33. The van der Waals surface area contributed by atoms with Gasteiger partial charge in [0.05, 0.1) is 10.7 Å². The van der Waals surface area contributed by atoms with Gasteiger partial charge in [0, 0.05) is 23.9 Å². The molecule has 1 aromatic carbocycles. The van der Waals surface area contributed by atoms with E-state index in [1.54, 1.807) is 11.3 Å². The van der Waals surface area contributed by atoms with E-state index in [1.165, 1.54) is 10.6 Å². The molecule has 0 radical (unpaired) electrons.